The molecule has 0 bridgehead atoms. The zero-order valence-corrected chi connectivity index (χ0v) is 13.5. The molecule has 0 amide bonds. The van der Waals surface area contributed by atoms with Crippen molar-refractivity contribution in [2.24, 2.45) is 11.8 Å². The van der Waals surface area contributed by atoms with Gasteiger partial charge in [0.15, 0.2) is 0 Å². The normalized spacial score (nSPS) is 15.0. The molecular weight excluding hydrogens is 247 g/mol. The van der Waals surface area contributed by atoms with Crippen LogP contribution in [-0.4, -0.2) is 0 Å². The fraction of sp³-hybridized carbons (Fsp3) is 0.474. The van der Waals surface area contributed by atoms with Gasteiger partial charge in [-0.05, 0) is 61.3 Å². The highest BCUT2D eigenvalue weighted by molar-refractivity contribution is 5.64. The molecule has 2 atom stereocenters. The van der Waals surface area contributed by atoms with Crippen LogP contribution in [-0.2, 0) is 0 Å². The van der Waals surface area contributed by atoms with Gasteiger partial charge in [0, 0.05) is 0 Å². The van der Waals surface area contributed by atoms with E-state index in [2.05, 4.69) is 40.3 Å². The highest BCUT2D eigenvalue weighted by Crippen LogP contribution is 2.25. The van der Waals surface area contributed by atoms with E-state index in [1.807, 2.05) is 12.1 Å². The summed E-state index contributed by atoms with van der Waals surface area (Å²) >= 11 is 0. The minimum Gasteiger partial charge on any atom is -0.207 e. The molecule has 0 nitrogen and oxygen atoms in total. The molecule has 0 aliphatic rings. The Morgan fingerprint density at radius 3 is 2.55 bits per heavy atom. The molecule has 0 aromatic heterocycles. The second-order valence-corrected chi connectivity index (χ2v) is 5.97. The second-order valence-electron chi connectivity index (χ2n) is 5.97. The Balaban J connectivity index is 2.72. The molecular formula is C19H27F. The third kappa shape index (κ3) is 4.63. The van der Waals surface area contributed by atoms with E-state index in [9.17, 15) is 4.39 Å². The van der Waals surface area contributed by atoms with E-state index in [4.69, 9.17) is 0 Å². The zero-order valence-electron chi connectivity index (χ0n) is 13.5. The molecule has 0 fully saturated rings. The van der Waals surface area contributed by atoms with Crippen molar-refractivity contribution >= 4 is 5.57 Å². The van der Waals surface area contributed by atoms with Crippen LogP contribution in [0.3, 0.4) is 0 Å². The molecule has 110 valence electrons. The summed E-state index contributed by atoms with van der Waals surface area (Å²) in [5.74, 6) is 0.908. The average molecular weight is 274 g/mol. The van der Waals surface area contributed by atoms with Crippen LogP contribution in [0.25, 0.3) is 5.57 Å². The van der Waals surface area contributed by atoms with Crippen molar-refractivity contribution in [3.8, 4) is 0 Å². The van der Waals surface area contributed by atoms with Crippen molar-refractivity contribution in [2.75, 3.05) is 0 Å². The Hall–Kier alpha value is -1.37. The van der Waals surface area contributed by atoms with Crippen LogP contribution in [0.4, 0.5) is 4.39 Å². The summed E-state index contributed by atoms with van der Waals surface area (Å²) in [7, 11) is 0. The van der Waals surface area contributed by atoms with Crippen molar-refractivity contribution in [3.05, 3.63) is 53.4 Å². The smallest absolute Gasteiger partial charge is 0.126 e. The topological polar surface area (TPSA) is 0 Å². The summed E-state index contributed by atoms with van der Waals surface area (Å²) in [6.45, 7) is 14.7. The fourth-order valence-electron chi connectivity index (χ4n) is 2.31. The Labute approximate surface area is 123 Å². The summed E-state index contributed by atoms with van der Waals surface area (Å²) in [6.07, 6.45) is 4.36. The monoisotopic (exact) mass is 274 g/mol. The highest BCUT2D eigenvalue weighted by atomic mass is 19.1. The molecule has 1 aromatic carbocycles. The Morgan fingerprint density at radius 2 is 2.00 bits per heavy atom. The summed E-state index contributed by atoms with van der Waals surface area (Å²) < 4.78 is 13.6. The van der Waals surface area contributed by atoms with Crippen LogP contribution in [0.15, 0.2) is 36.4 Å². The minimum atomic E-state index is -0.150. The van der Waals surface area contributed by atoms with Gasteiger partial charge in [-0.1, -0.05) is 51.1 Å². The first-order chi connectivity index (χ1) is 9.35. The first-order valence-corrected chi connectivity index (χ1v) is 7.47. The third-order valence-corrected chi connectivity index (χ3v) is 4.09. The molecule has 0 heterocycles. The van der Waals surface area contributed by atoms with Gasteiger partial charge in [0.25, 0.3) is 0 Å². The standard InChI is InChI=1S/C19H27F/c1-7-14(3)16(5)10-13(2)11-17(6)18-9-8-15(4)19(20)12-18/h8-10,12-14H,6-7,11H2,1-5H3/b16-10-/t13-,14-/m1/s1. The minimum absolute atomic E-state index is 0.150. The highest BCUT2D eigenvalue weighted by Gasteiger charge is 2.08. The predicted octanol–water partition coefficient (Wildman–Crippen LogP) is 6.17. The molecule has 1 aromatic rings. The number of halogens is 1. The van der Waals surface area contributed by atoms with Crippen LogP contribution in [0, 0.1) is 24.6 Å². The van der Waals surface area contributed by atoms with Crippen LogP contribution < -0.4 is 0 Å². The number of allylic oxidation sites excluding steroid dienone is 3. The van der Waals surface area contributed by atoms with Crippen molar-refractivity contribution < 1.29 is 4.39 Å². The first-order valence-electron chi connectivity index (χ1n) is 7.47. The third-order valence-electron chi connectivity index (χ3n) is 4.09. The lowest BCUT2D eigenvalue weighted by molar-refractivity contribution is 0.617. The lowest BCUT2D eigenvalue weighted by Crippen LogP contribution is -1.99. The van der Waals surface area contributed by atoms with Crippen LogP contribution >= 0.6 is 0 Å². The van der Waals surface area contributed by atoms with E-state index in [0.29, 0.717) is 17.4 Å². The summed E-state index contributed by atoms with van der Waals surface area (Å²) in [6, 6.07) is 5.37. The average Bonchev–Trinajstić information content (AvgIpc) is 2.40. The van der Waals surface area contributed by atoms with Gasteiger partial charge in [0.05, 0.1) is 0 Å². The van der Waals surface area contributed by atoms with Crippen LogP contribution in [0.2, 0.25) is 0 Å². The summed E-state index contributed by atoms with van der Waals surface area (Å²) in [4.78, 5) is 0. The van der Waals surface area contributed by atoms with Crippen molar-refractivity contribution in [1.29, 1.82) is 0 Å². The zero-order chi connectivity index (χ0) is 15.3. The van der Waals surface area contributed by atoms with Crippen molar-refractivity contribution in [1.82, 2.24) is 0 Å². The van der Waals surface area contributed by atoms with Crippen molar-refractivity contribution in [3.63, 3.8) is 0 Å². The maximum atomic E-state index is 13.6. The molecule has 0 saturated heterocycles. The molecule has 1 heteroatoms. The maximum absolute atomic E-state index is 13.6. The van der Waals surface area contributed by atoms with E-state index in [1.165, 1.54) is 12.0 Å². The molecule has 0 aliphatic carbocycles. The number of aryl methyl sites for hydroxylation is 1. The lowest BCUT2D eigenvalue weighted by Gasteiger charge is -2.15. The number of hydrogen-bond donors (Lipinski definition) is 0. The molecule has 1 rings (SSSR count). The van der Waals surface area contributed by atoms with Crippen LogP contribution in [0.1, 0.15) is 51.7 Å². The lowest BCUT2D eigenvalue weighted by atomic mass is 9.91. The van der Waals surface area contributed by atoms with E-state index >= 15 is 0 Å². The summed E-state index contributed by atoms with van der Waals surface area (Å²) in [5, 5.41) is 0. The summed E-state index contributed by atoms with van der Waals surface area (Å²) in [5.41, 5.74) is 4.03. The molecule has 0 aliphatic heterocycles. The van der Waals surface area contributed by atoms with Gasteiger partial charge in [0.1, 0.15) is 5.82 Å². The van der Waals surface area contributed by atoms with E-state index < -0.39 is 0 Å². The quantitative estimate of drug-likeness (QED) is 0.544. The first kappa shape index (κ1) is 16.7. The molecule has 0 unspecified atom stereocenters. The van der Waals surface area contributed by atoms with Crippen molar-refractivity contribution in [2.45, 2.75) is 47.5 Å². The molecule has 0 saturated carbocycles. The van der Waals surface area contributed by atoms with E-state index in [1.54, 1.807) is 13.0 Å². The van der Waals surface area contributed by atoms with E-state index in [-0.39, 0.29) is 5.82 Å². The van der Waals surface area contributed by atoms with Gasteiger partial charge < -0.3 is 0 Å². The molecule has 0 N–H and O–H groups in total. The van der Waals surface area contributed by atoms with Gasteiger partial charge in [-0.3, -0.25) is 0 Å². The van der Waals surface area contributed by atoms with Gasteiger partial charge in [-0.15, -0.1) is 0 Å². The molecule has 20 heavy (non-hydrogen) atoms. The van der Waals surface area contributed by atoms with Gasteiger partial charge in [0.2, 0.25) is 0 Å². The maximum Gasteiger partial charge on any atom is 0.126 e. The number of hydrogen-bond acceptors (Lipinski definition) is 0. The second kappa shape index (κ2) is 7.42. The SMILES string of the molecule is C=C(C[C@H](C)/C=C(/C)[C@H](C)CC)c1ccc(C)c(F)c1. The molecule has 0 radical (unpaired) electrons. The Kier molecular flexibility index (Phi) is 6.19. The van der Waals surface area contributed by atoms with Crippen LogP contribution in [0.5, 0.6) is 0 Å². The predicted molar refractivity (Wildman–Crippen MR) is 87.2 cm³/mol. The largest absolute Gasteiger partial charge is 0.207 e. The van der Waals surface area contributed by atoms with E-state index in [0.717, 1.165) is 17.6 Å². The van der Waals surface area contributed by atoms with Gasteiger partial charge >= 0.3 is 0 Å². The molecule has 0 spiro atoms. The fourth-order valence-corrected chi connectivity index (χ4v) is 2.31. The Morgan fingerprint density at radius 1 is 1.35 bits per heavy atom. The van der Waals surface area contributed by atoms with Gasteiger partial charge in [-0.2, -0.15) is 0 Å². The number of benzene rings is 1. The number of rotatable bonds is 6. The van der Waals surface area contributed by atoms with Gasteiger partial charge in [-0.25, -0.2) is 4.39 Å². The Bertz CT molecular complexity index is 496.